The maximum atomic E-state index is 13.9. The molecule has 1 N–H and O–H groups in total. The van der Waals surface area contributed by atoms with E-state index in [1.807, 2.05) is 24.0 Å². The summed E-state index contributed by atoms with van der Waals surface area (Å²) in [6.45, 7) is 5.31. The molecule has 5 rings (SSSR count). The molecule has 3 atom stereocenters. The van der Waals surface area contributed by atoms with Gasteiger partial charge < -0.3 is 24.3 Å². The Morgan fingerprint density at radius 1 is 1.13 bits per heavy atom. The van der Waals surface area contributed by atoms with Crippen LogP contribution in [0, 0.1) is 6.92 Å². The van der Waals surface area contributed by atoms with E-state index in [4.69, 9.17) is 23.9 Å². The number of aliphatic imine (C=N–C) groups is 1. The molecule has 1 amide bonds. The van der Waals surface area contributed by atoms with Crippen LogP contribution < -0.4 is 5.32 Å². The summed E-state index contributed by atoms with van der Waals surface area (Å²) in [6, 6.07) is 8.08. The predicted octanol–water partition coefficient (Wildman–Crippen LogP) is 4.92. The van der Waals surface area contributed by atoms with Crippen LogP contribution in [0.25, 0.3) is 5.57 Å². The fourth-order valence-corrected chi connectivity index (χ4v) is 6.13. The maximum Gasteiger partial charge on any atom is 0.416 e. The van der Waals surface area contributed by atoms with Crippen molar-refractivity contribution in [2.75, 3.05) is 39.5 Å². The first-order valence-electron chi connectivity index (χ1n) is 15.5. The highest BCUT2D eigenvalue weighted by Crippen LogP contribution is 2.37. The number of amides is 1. The van der Waals surface area contributed by atoms with Crippen LogP contribution >= 0.6 is 0 Å². The molecule has 1 aromatic heterocycles. The second kappa shape index (κ2) is 14.7. The van der Waals surface area contributed by atoms with Gasteiger partial charge in [0.15, 0.2) is 5.66 Å². The van der Waals surface area contributed by atoms with E-state index in [-0.39, 0.29) is 43.3 Å². The summed E-state index contributed by atoms with van der Waals surface area (Å²) in [5.74, 6) is -0.900. The first-order valence-corrected chi connectivity index (χ1v) is 15.5. The van der Waals surface area contributed by atoms with Crippen LogP contribution in [0.1, 0.15) is 66.2 Å². The van der Waals surface area contributed by atoms with E-state index in [9.17, 15) is 22.8 Å². The molecule has 1 saturated carbocycles. The van der Waals surface area contributed by atoms with Gasteiger partial charge in [-0.2, -0.15) is 13.2 Å². The quantitative estimate of drug-likeness (QED) is 0.383. The average Bonchev–Trinajstić information content (AvgIpc) is 3.05. The number of carbonyl (C=O) groups is 2. The molecule has 1 aromatic carbocycles. The number of pyridine rings is 1. The van der Waals surface area contributed by atoms with Crippen molar-refractivity contribution in [3.63, 3.8) is 0 Å². The Bertz CT molecular complexity index is 1460. The molecular weight excluding hydrogens is 605 g/mol. The first-order chi connectivity index (χ1) is 22.1. The molecule has 13 heteroatoms. The van der Waals surface area contributed by atoms with Crippen LogP contribution in [0.3, 0.4) is 0 Å². The summed E-state index contributed by atoms with van der Waals surface area (Å²) < 4.78 is 63.8. The summed E-state index contributed by atoms with van der Waals surface area (Å²) in [5.41, 5.74) is -0.0190. The molecule has 0 radical (unpaired) electrons. The number of benzene rings is 1. The lowest BCUT2D eigenvalue weighted by atomic mass is 9.89. The second-order valence-corrected chi connectivity index (χ2v) is 11.5. The summed E-state index contributed by atoms with van der Waals surface area (Å²) >= 11 is 0. The normalized spacial score (nSPS) is 24.0. The molecule has 2 aliphatic heterocycles. The van der Waals surface area contributed by atoms with Crippen LogP contribution in [0.5, 0.6) is 0 Å². The molecule has 0 bridgehead atoms. The Morgan fingerprint density at radius 3 is 2.65 bits per heavy atom. The number of morpholine rings is 1. The molecule has 1 aliphatic carbocycles. The van der Waals surface area contributed by atoms with Crippen LogP contribution in [0.4, 0.5) is 13.2 Å². The molecule has 3 aliphatic rings. The minimum absolute atomic E-state index is 0.138. The Balaban J connectivity index is 1.49. The molecule has 0 spiro atoms. The van der Waals surface area contributed by atoms with Crippen molar-refractivity contribution in [2.45, 2.75) is 70.0 Å². The van der Waals surface area contributed by atoms with Crippen LogP contribution in [0.15, 0.2) is 53.8 Å². The van der Waals surface area contributed by atoms with Crippen molar-refractivity contribution in [1.29, 1.82) is 0 Å². The van der Waals surface area contributed by atoms with Crippen molar-refractivity contribution >= 4 is 23.3 Å². The monoisotopic (exact) mass is 644 g/mol. The van der Waals surface area contributed by atoms with Gasteiger partial charge in [-0.1, -0.05) is 12.1 Å². The van der Waals surface area contributed by atoms with E-state index in [2.05, 4.69) is 10.3 Å². The number of ether oxygens (including phenoxy) is 4. The predicted molar refractivity (Wildman–Crippen MR) is 163 cm³/mol. The Labute approximate surface area is 266 Å². The van der Waals surface area contributed by atoms with Gasteiger partial charge in [0.2, 0.25) is 5.90 Å². The smallest absolute Gasteiger partial charge is 0.416 e. The number of nitrogens with one attached hydrogen (secondary N) is 1. The third-order valence-electron chi connectivity index (χ3n) is 8.41. The Morgan fingerprint density at radius 2 is 1.91 bits per heavy atom. The lowest BCUT2D eigenvalue weighted by Crippen LogP contribution is -2.69. The number of hydrogen-bond donors (Lipinski definition) is 1. The molecule has 46 heavy (non-hydrogen) atoms. The summed E-state index contributed by atoms with van der Waals surface area (Å²) in [5, 5.41) is 3.08. The highest BCUT2D eigenvalue weighted by Gasteiger charge is 2.49. The number of aryl methyl sites for hydroxylation is 1. The van der Waals surface area contributed by atoms with Gasteiger partial charge >= 0.3 is 12.1 Å². The van der Waals surface area contributed by atoms with Gasteiger partial charge in [-0.25, -0.2) is 9.79 Å². The Hall–Kier alpha value is -3.81. The molecule has 2 aromatic rings. The SMILES string of the molecule is CCOC(=O)CO[C@@H]1CCC[C@@H](OC2=NC=C(c3cccnc3C)CC2(NC(=O)c2cccc(C(F)(F)F)c2)N2CCOCC2)C1. The van der Waals surface area contributed by atoms with E-state index in [1.54, 1.807) is 19.3 Å². The third kappa shape index (κ3) is 7.94. The highest BCUT2D eigenvalue weighted by molar-refractivity contribution is 6.01. The molecular formula is C33H39F3N4O6. The van der Waals surface area contributed by atoms with E-state index < -0.39 is 29.3 Å². The van der Waals surface area contributed by atoms with Crippen molar-refractivity contribution in [2.24, 2.45) is 4.99 Å². The summed E-state index contributed by atoms with van der Waals surface area (Å²) in [7, 11) is 0. The lowest BCUT2D eigenvalue weighted by molar-refractivity contribution is -0.152. The third-order valence-corrected chi connectivity index (χ3v) is 8.41. The zero-order valence-corrected chi connectivity index (χ0v) is 26.0. The van der Waals surface area contributed by atoms with Crippen molar-refractivity contribution in [3.05, 3.63) is 71.2 Å². The number of halogens is 3. The molecule has 3 heterocycles. The van der Waals surface area contributed by atoms with Gasteiger partial charge in [-0.15, -0.1) is 0 Å². The van der Waals surface area contributed by atoms with Gasteiger partial charge in [-0.05, 0) is 62.9 Å². The fourth-order valence-electron chi connectivity index (χ4n) is 6.13. The number of nitrogens with zero attached hydrogens (tertiary/aromatic N) is 3. The highest BCUT2D eigenvalue weighted by atomic mass is 19.4. The number of hydrogen-bond acceptors (Lipinski definition) is 9. The topological polar surface area (TPSA) is 112 Å². The zero-order chi connectivity index (χ0) is 32.7. The number of rotatable bonds is 9. The minimum Gasteiger partial charge on any atom is -0.475 e. The largest absolute Gasteiger partial charge is 0.475 e. The number of alkyl halides is 3. The molecule has 10 nitrogen and oxygen atoms in total. The zero-order valence-electron chi connectivity index (χ0n) is 26.0. The Kier molecular flexibility index (Phi) is 10.7. The second-order valence-electron chi connectivity index (χ2n) is 11.5. The van der Waals surface area contributed by atoms with Gasteiger partial charge in [-0.3, -0.25) is 14.7 Å². The van der Waals surface area contributed by atoms with Crippen molar-refractivity contribution in [3.8, 4) is 0 Å². The minimum atomic E-state index is -4.61. The van der Waals surface area contributed by atoms with Crippen molar-refractivity contribution in [1.82, 2.24) is 15.2 Å². The fraction of sp³-hybridized carbons (Fsp3) is 0.515. The van der Waals surface area contributed by atoms with Crippen LogP contribution in [-0.2, 0) is 29.9 Å². The van der Waals surface area contributed by atoms with Gasteiger partial charge in [0, 0.05) is 55.1 Å². The van der Waals surface area contributed by atoms with Gasteiger partial charge in [0.1, 0.15) is 12.7 Å². The number of aromatic nitrogens is 1. The lowest BCUT2D eigenvalue weighted by Gasteiger charge is -2.48. The van der Waals surface area contributed by atoms with Gasteiger partial charge in [0.25, 0.3) is 5.91 Å². The number of esters is 1. The van der Waals surface area contributed by atoms with Gasteiger partial charge in [0.05, 0.1) is 31.5 Å². The van der Waals surface area contributed by atoms with Crippen LogP contribution in [-0.4, -0.2) is 85.0 Å². The number of carbonyl (C=O) groups excluding carboxylic acids is 2. The van der Waals surface area contributed by atoms with E-state index in [1.165, 1.54) is 12.1 Å². The van der Waals surface area contributed by atoms with E-state index in [0.717, 1.165) is 41.8 Å². The molecule has 2 fully saturated rings. The molecule has 1 saturated heterocycles. The van der Waals surface area contributed by atoms with E-state index >= 15 is 0 Å². The maximum absolute atomic E-state index is 13.9. The average molecular weight is 645 g/mol. The summed E-state index contributed by atoms with van der Waals surface area (Å²) in [6.07, 6.45) is 1.11. The molecule has 1 unspecified atom stereocenters. The van der Waals surface area contributed by atoms with E-state index in [0.29, 0.717) is 39.1 Å². The summed E-state index contributed by atoms with van der Waals surface area (Å²) in [4.78, 5) is 37.0. The molecule has 248 valence electrons. The van der Waals surface area contributed by atoms with Crippen molar-refractivity contribution < 1.29 is 41.7 Å². The van der Waals surface area contributed by atoms with Crippen LogP contribution in [0.2, 0.25) is 0 Å². The first kappa shape index (κ1) is 33.6. The standard InChI is InChI=1S/C33H39F3N4O6/c1-3-44-29(41)21-45-26-9-5-10-27(18-26)46-31-32(40-13-15-43-16-14-40,19-24(20-38-31)28-11-6-12-37-22(28)2)39-30(42)23-7-4-8-25(17-23)33(34,35)36/h4,6-8,11-12,17,20,26-27H,3,5,9-10,13-16,18-19,21H2,1-2H3,(H,39,42)/t26-,27-,32?/m1/s1.